The number of piperidine rings is 1. The van der Waals surface area contributed by atoms with Gasteiger partial charge in [-0.2, -0.15) is 0 Å². The largest absolute Gasteiger partial charge is 0.351 e. The van der Waals surface area contributed by atoms with E-state index in [2.05, 4.69) is 5.32 Å². The maximum Gasteiger partial charge on any atom is 0.232 e. The van der Waals surface area contributed by atoms with Gasteiger partial charge < -0.3 is 10.2 Å². The summed E-state index contributed by atoms with van der Waals surface area (Å²) in [6.07, 6.45) is 2.88. The molecule has 2 aliphatic rings. The number of thioether (sulfide) groups is 1. The highest BCUT2D eigenvalue weighted by Crippen LogP contribution is 2.59. The Labute approximate surface area is 168 Å². The van der Waals surface area contributed by atoms with Crippen LogP contribution < -0.4 is 5.32 Å². The second-order valence-corrected chi connectivity index (χ2v) is 9.48. The number of likely N-dealkylation sites (tertiary alicyclic amines) is 1. The number of carbonyl (C=O) groups is 2. The van der Waals surface area contributed by atoms with Crippen LogP contribution in [0.2, 0.25) is 0 Å². The SMILES string of the molecule is O=C(NCc1cccs1)[C@H]1CC12CCN(C(=O)CSc1ccccc1)CC2. The molecule has 1 aromatic carbocycles. The Balaban J connectivity index is 1.21. The molecule has 2 heterocycles. The molecule has 142 valence electrons. The molecule has 2 fully saturated rings. The van der Waals surface area contributed by atoms with Crippen molar-refractivity contribution in [1.82, 2.24) is 10.2 Å². The highest BCUT2D eigenvalue weighted by atomic mass is 32.2. The molecule has 2 amide bonds. The van der Waals surface area contributed by atoms with Crippen LogP contribution in [-0.2, 0) is 16.1 Å². The van der Waals surface area contributed by atoms with Crippen molar-refractivity contribution >= 4 is 34.9 Å². The monoisotopic (exact) mass is 400 g/mol. The van der Waals surface area contributed by atoms with Gasteiger partial charge in [0.25, 0.3) is 0 Å². The van der Waals surface area contributed by atoms with E-state index < -0.39 is 0 Å². The lowest BCUT2D eigenvalue weighted by Gasteiger charge is -2.32. The molecule has 1 atom stereocenters. The van der Waals surface area contributed by atoms with E-state index in [0.29, 0.717) is 12.3 Å². The van der Waals surface area contributed by atoms with Crippen LogP contribution in [0.15, 0.2) is 52.7 Å². The van der Waals surface area contributed by atoms with Crippen LogP contribution in [0.3, 0.4) is 0 Å². The van der Waals surface area contributed by atoms with Crippen molar-refractivity contribution in [2.45, 2.75) is 30.7 Å². The van der Waals surface area contributed by atoms with E-state index in [0.717, 1.165) is 37.2 Å². The number of thiophene rings is 1. The number of carbonyl (C=O) groups excluding carboxylic acids is 2. The highest BCUT2D eigenvalue weighted by Gasteiger charge is 2.58. The van der Waals surface area contributed by atoms with Crippen LogP contribution in [0.4, 0.5) is 0 Å². The zero-order valence-corrected chi connectivity index (χ0v) is 16.9. The lowest BCUT2D eigenvalue weighted by atomic mass is 9.90. The lowest BCUT2D eigenvalue weighted by molar-refractivity contribution is -0.130. The van der Waals surface area contributed by atoms with Crippen molar-refractivity contribution in [2.24, 2.45) is 11.3 Å². The molecule has 27 heavy (non-hydrogen) atoms. The molecule has 0 unspecified atom stereocenters. The Bertz CT molecular complexity index is 784. The first kappa shape index (κ1) is 18.6. The van der Waals surface area contributed by atoms with Crippen molar-refractivity contribution in [3.63, 3.8) is 0 Å². The Hall–Kier alpha value is -1.79. The van der Waals surface area contributed by atoms with E-state index in [4.69, 9.17) is 0 Å². The first-order valence-electron chi connectivity index (χ1n) is 9.42. The molecule has 4 nitrogen and oxygen atoms in total. The Kier molecular flexibility index (Phi) is 5.55. The third kappa shape index (κ3) is 4.38. The molecule has 4 rings (SSSR count). The number of nitrogens with zero attached hydrogens (tertiary/aromatic N) is 1. The molecule has 0 radical (unpaired) electrons. The number of hydrogen-bond acceptors (Lipinski definition) is 4. The summed E-state index contributed by atoms with van der Waals surface area (Å²) in [6, 6.07) is 14.1. The molecule has 1 spiro atoms. The molecule has 1 saturated heterocycles. The quantitative estimate of drug-likeness (QED) is 0.751. The minimum atomic E-state index is 0.133. The summed E-state index contributed by atoms with van der Waals surface area (Å²) in [5.41, 5.74) is 0.142. The van der Waals surface area contributed by atoms with Gasteiger partial charge in [0.15, 0.2) is 0 Å². The Morgan fingerprint density at radius 1 is 1.15 bits per heavy atom. The third-order valence-electron chi connectivity index (χ3n) is 5.74. The van der Waals surface area contributed by atoms with E-state index in [9.17, 15) is 9.59 Å². The fraction of sp³-hybridized carbons (Fsp3) is 0.429. The molecule has 2 aromatic rings. The van der Waals surface area contributed by atoms with Crippen LogP contribution in [0.1, 0.15) is 24.1 Å². The third-order valence-corrected chi connectivity index (χ3v) is 7.61. The zero-order chi connectivity index (χ0) is 18.7. The van der Waals surface area contributed by atoms with Gasteiger partial charge in [0.05, 0.1) is 12.3 Å². The normalized spacial score (nSPS) is 20.4. The molecule has 1 aliphatic heterocycles. The Morgan fingerprint density at radius 2 is 1.93 bits per heavy atom. The van der Waals surface area contributed by atoms with E-state index in [-0.39, 0.29) is 23.1 Å². The van der Waals surface area contributed by atoms with Gasteiger partial charge >= 0.3 is 0 Å². The van der Waals surface area contributed by atoms with Gasteiger partial charge in [-0.3, -0.25) is 9.59 Å². The van der Waals surface area contributed by atoms with Crippen LogP contribution in [0.25, 0.3) is 0 Å². The number of benzene rings is 1. The summed E-state index contributed by atoms with van der Waals surface area (Å²) in [4.78, 5) is 29.2. The van der Waals surface area contributed by atoms with Gasteiger partial charge in [-0.05, 0) is 48.3 Å². The molecular formula is C21H24N2O2S2. The predicted octanol–water partition coefficient (Wildman–Crippen LogP) is 3.79. The summed E-state index contributed by atoms with van der Waals surface area (Å²) in [5.74, 6) is 1.01. The standard InChI is InChI=1S/C21H24N2O2S2/c24-19(15-27-16-5-2-1-3-6-16)23-10-8-21(9-11-23)13-18(21)20(25)22-14-17-7-4-12-26-17/h1-7,12,18H,8-11,13-15H2,(H,22,25)/t18-/m1/s1. The predicted molar refractivity (Wildman–Crippen MR) is 110 cm³/mol. The van der Waals surface area contributed by atoms with Crippen LogP contribution in [0.5, 0.6) is 0 Å². The summed E-state index contributed by atoms with van der Waals surface area (Å²) in [7, 11) is 0. The van der Waals surface area contributed by atoms with Gasteiger partial charge in [0, 0.05) is 28.8 Å². The van der Waals surface area contributed by atoms with E-state index in [1.165, 1.54) is 4.88 Å². The van der Waals surface area contributed by atoms with Gasteiger partial charge in [-0.1, -0.05) is 24.3 Å². The maximum atomic E-state index is 12.5. The van der Waals surface area contributed by atoms with Crippen molar-refractivity contribution < 1.29 is 9.59 Å². The summed E-state index contributed by atoms with van der Waals surface area (Å²) >= 11 is 3.26. The van der Waals surface area contributed by atoms with Crippen molar-refractivity contribution in [3.8, 4) is 0 Å². The molecule has 1 aliphatic carbocycles. The zero-order valence-electron chi connectivity index (χ0n) is 15.2. The molecular weight excluding hydrogens is 376 g/mol. The number of nitrogens with one attached hydrogen (secondary N) is 1. The topological polar surface area (TPSA) is 49.4 Å². The second-order valence-electron chi connectivity index (χ2n) is 7.40. The fourth-order valence-electron chi connectivity index (χ4n) is 3.94. The maximum absolute atomic E-state index is 12.5. The number of rotatable bonds is 6. The van der Waals surface area contributed by atoms with Crippen LogP contribution in [-0.4, -0.2) is 35.6 Å². The summed E-state index contributed by atoms with van der Waals surface area (Å²) in [5, 5.41) is 5.11. The fourth-order valence-corrected chi connectivity index (χ4v) is 5.40. The van der Waals surface area contributed by atoms with Gasteiger partial charge in [0.2, 0.25) is 11.8 Å². The molecule has 6 heteroatoms. The first-order chi connectivity index (χ1) is 13.2. The minimum Gasteiger partial charge on any atom is -0.351 e. The van der Waals surface area contributed by atoms with Gasteiger partial charge in [-0.25, -0.2) is 0 Å². The number of amides is 2. The smallest absolute Gasteiger partial charge is 0.232 e. The molecule has 1 saturated carbocycles. The molecule has 0 bridgehead atoms. The van der Waals surface area contributed by atoms with Crippen molar-refractivity contribution in [2.75, 3.05) is 18.8 Å². The van der Waals surface area contributed by atoms with Gasteiger partial charge in [0.1, 0.15) is 0 Å². The molecule has 1 aromatic heterocycles. The average Bonchev–Trinajstić information content (AvgIpc) is 3.14. The van der Waals surface area contributed by atoms with Crippen molar-refractivity contribution in [1.29, 1.82) is 0 Å². The van der Waals surface area contributed by atoms with Crippen LogP contribution >= 0.6 is 23.1 Å². The Morgan fingerprint density at radius 3 is 2.63 bits per heavy atom. The van der Waals surface area contributed by atoms with Crippen molar-refractivity contribution in [3.05, 3.63) is 52.7 Å². The second kappa shape index (κ2) is 8.07. The summed E-state index contributed by atoms with van der Waals surface area (Å²) in [6.45, 7) is 2.19. The van der Waals surface area contributed by atoms with E-state index in [1.54, 1.807) is 23.1 Å². The van der Waals surface area contributed by atoms with E-state index in [1.807, 2.05) is 52.7 Å². The summed E-state index contributed by atoms with van der Waals surface area (Å²) < 4.78 is 0. The highest BCUT2D eigenvalue weighted by molar-refractivity contribution is 8.00. The van der Waals surface area contributed by atoms with Crippen LogP contribution in [0, 0.1) is 11.3 Å². The first-order valence-corrected chi connectivity index (χ1v) is 11.3. The molecule has 1 N–H and O–H groups in total. The van der Waals surface area contributed by atoms with E-state index >= 15 is 0 Å². The average molecular weight is 401 g/mol. The van der Waals surface area contributed by atoms with Gasteiger partial charge in [-0.15, -0.1) is 23.1 Å². The number of hydrogen-bond donors (Lipinski definition) is 1. The lowest BCUT2D eigenvalue weighted by Crippen LogP contribution is -2.41. The minimum absolute atomic E-state index is 0.133.